The topological polar surface area (TPSA) is 12.0 Å². The maximum absolute atomic E-state index is 13.7. The lowest BCUT2D eigenvalue weighted by Gasteiger charge is -2.09. The molecule has 2 aromatic rings. The molecule has 0 aromatic heterocycles. The average molecular weight is 296 g/mol. The van der Waals surface area contributed by atoms with Crippen molar-refractivity contribution in [3.63, 3.8) is 0 Å². The first-order chi connectivity index (χ1) is 9.61. The van der Waals surface area contributed by atoms with Gasteiger partial charge in [-0.2, -0.15) is 0 Å². The summed E-state index contributed by atoms with van der Waals surface area (Å²) in [5.41, 5.74) is 1.74. The van der Waals surface area contributed by atoms with E-state index in [1.807, 2.05) is 6.07 Å². The lowest BCUT2D eigenvalue weighted by atomic mass is 10.0. The highest BCUT2D eigenvalue weighted by molar-refractivity contribution is 6.31. The van der Waals surface area contributed by atoms with Crippen LogP contribution in [0, 0.1) is 11.6 Å². The fraction of sp³-hybridized carbons (Fsp3) is 0.250. The minimum Gasteiger partial charge on any atom is -0.313 e. The summed E-state index contributed by atoms with van der Waals surface area (Å²) in [6.45, 7) is 3.67. The molecule has 0 saturated heterocycles. The Kier molecular flexibility index (Phi) is 5.10. The summed E-state index contributed by atoms with van der Waals surface area (Å²) in [6, 6.07) is 8.66. The number of rotatable bonds is 5. The summed E-state index contributed by atoms with van der Waals surface area (Å²) in [4.78, 5) is 0. The van der Waals surface area contributed by atoms with Crippen LogP contribution in [0.1, 0.15) is 18.9 Å². The van der Waals surface area contributed by atoms with Gasteiger partial charge in [-0.05, 0) is 48.4 Å². The van der Waals surface area contributed by atoms with Gasteiger partial charge in [0.05, 0.1) is 0 Å². The van der Waals surface area contributed by atoms with E-state index in [-0.39, 0.29) is 5.56 Å². The second-order valence-electron chi connectivity index (χ2n) is 4.61. The van der Waals surface area contributed by atoms with Crippen LogP contribution in [0.4, 0.5) is 8.78 Å². The van der Waals surface area contributed by atoms with Crippen LogP contribution in [0.5, 0.6) is 0 Å². The van der Waals surface area contributed by atoms with E-state index in [4.69, 9.17) is 11.6 Å². The van der Waals surface area contributed by atoms with Crippen LogP contribution < -0.4 is 5.32 Å². The van der Waals surface area contributed by atoms with E-state index >= 15 is 0 Å². The zero-order chi connectivity index (χ0) is 14.5. The molecule has 0 atom stereocenters. The number of nitrogens with one attached hydrogen (secondary N) is 1. The summed E-state index contributed by atoms with van der Waals surface area (Å²) in [5, 5.41) is 3.80. The van der Waals surface area contributed by atoms with Crippen LogP contribution in [-0.2, 0) is 6.54 Å². The Balaban J connectivity index is 2.26. The number of hydrogen-bond donors (Lipinski definition) is 1. The van der Waals surface area contributed by atoms with Gasteiger partial charge in [0.15, 0.2) is 0 Å². The largest absolute Gasteiger partial charge is 0.313 e. The van der Waals surface area contributed by atoms with E-state index in [2.05, 4.69) is 12.2 Å². The monoisotopic (exact) mass is 295 g/mol. The third-order valence-electron chi connectivity index (χ3n) is 3.03. The molecular formula is C16H16ClF2N. The molecule has 0 aliphatic heterocycles. The molecule has 0 radical (unpaired) electrons. The molecule has 0 aliphatic carbocycles. The smallest absolute Gasteiger partial charge is 0.131 e. The van der Waals surface area contributed by atoms with Crippen molar-refractivity contribution in [3.05, 3.63) is 58.6 Å². The van der Waals surface area contributed by atoms with Crippen molar-refractivity contribution < 1.29 is 8.78 Å². The van der Waals surface area contributed by atoms with Crippen LogP contribution in [0.3, 0.4) is 0 Å². The van der Waals surface area contributed by atoms with Crippen LogP contribution in [-0.4, -0.2) is 6.54 Å². The molecule has 0 heterocycles. The Labute approximate surface area is 122 Å². The van der Waals surface area contributed by atoms with E-state index in [0.717, 1.165) is 30.7 Å². The molecule has 4 heteroatoms. The standard InChI is InChI=1S/C16H16ClF2N/c1-2-7-20-10-12-4-3-11(8-15(12)17)14-9-13(18)5-6-16(14)19/h3-6,8-9,20H,2,7,10H2,1H3. The molecule has 0 spiro atoms. The van der Waals surface area contributed by atoms with E-state index in [1.165, 1.54) is 6.07 Å². The lowest BCUT2D eigenvalue weighted by molar-refractivity contribution is 0.603. The van der Waals surface area contributed by atoms with Crippen molar-refractivity contribution in [2.24, 2.45) is 0 Å². The molecule has 0 bridgehead atoms. The van der Waals surface area contributed by atoms with Crippen molar-refractivity contribution >= 4 is 11.6 Å². The molecule has 0 unspecified atom stereocenters. The highest BCUT2D eigenvalue weighted by Gasteiger charge is 2.09. The van der Waals surface area contributed by atoms with Gasteiger partial charge in [0.25, 0.3) is 0 Å². The molecule has 20 heavy (non-hydrogen) atoms. The first kappa shape index (κ1) is 14.9. The second-order valence-corrected chi connectivity index (χ2v) is 5.01. The number of halogens is 3. The maximum atomic E-state index is 13.7. The molecule has 0 aliphatic rings. The fourth-order valence-electron chi connectivity index (χ4n) is 1.98. The number of benzene rings is 2. The minimum absolute atomic E-state index is 0.222. The first-order valence-corrected chi connectivity index (χ1v) is 6.94. The van der Waals surface area contributed by atoms with Gasteiger partial charge in [-0.15, -0.1) is 0 Å². The summed E-state index contributed by atoms with van der Waals surface area (Å²) in [5.74, 6) is -0.925. The second kappa shape index (κ2) is 6.82. The van der Waals surface area contributed by atoms with Gasteiger partial charge in [0, 0.05) is 17.1 Å². The van der Waals surface area contributed by atoms with Crippen LogP contribution >= 0.6 is 11.6 Å². The Morgan fingerprint density at radius 1 is 1.10 bits per heavy atom. The molecule has 0 fully saturated rings. The lowest BCUT2D eigenvalue weighted by Crippen LogP contribution is -2.14. The Morgan fingerprint density at radius 2 is 1.90 bits per heavy atom. The highest BCUT2D eigenvalue weighted by Crippen LogP contribution is 2.28. The normalized spacial score (nSPS) is 10.8. The minimum atomic E-state index is -0.466. The van der Waals surface area contributed by atoms with E-state index in [1.54, 1.807) is 12.1 Å². The molecule has 106 valence electrons. The van der Waals surface area contributed by atoms with Crippen molar-refractivity contribution in [1.29, 1.82) is 0 Å². The molecule has 2 aromatic carbocycles. The average Bonchev–Trinajstić information content (AvgIpc) is 2.43. The molecule has 2 rings (SSSR count). The van der Waals surface area contributed by atoms with Gasteiger partial charge in [-0.3, -0.25) is 0 Å². The van der Waals surface area contributed by atoms with Gasteiger partial charge in [0.1, 0.15) is 11.6 Å². The van der Waals surface area contributed by atoms with Gasteiger partial charge in [0.2, 0.25) is 0 Å². The van der Waals surface area contributed by atoms with Gasteiger partial charge in [-0.25, -0.2) is 8.78 Å². The quantitative estimate of drug-likeness (QED) is 0.782. The van der Waals surface area contributed by atoms with Crippen molar-refractivity contribution in [2.45, 2.75) is 19.9 Å². The van der Waals surface area contributed by atoms with Crippen LogP contribution in [0.15, 0.2) is 36.4 Å². The summed E-state index contributed by atoms with van der Waals surface area (Å²) < 4.78 is 26.9. The fourth-order valence-corrected chi connectivity index (χ4v) is 2.22. The molecule has 0 amide bonds. The molecule has 1 nitrogen and oxygen atoms in total. The van der Waals surface area contributed by atoms with Crippen LogP contribution in [0.2, 0.25) is 5.02 Å². The Bertz CT molecular complexity index is 599. The SMILES string of the molecule is CCCNCc1ccc(-c2cc(F)ccc2F)cc1Cl. The Hall–Kier alpha value is -1.45. The molecule has 0 saturated carbocycles. The van der Waals surface area contributed by atoms with Crippen LogP contribution in [0.25, 0.3) is 11.1 Å². The Morgan fingerprint density at radius 3 is 2.60 bits per heavy atom. The van der Waals surface area contributed by atoms with Gasteiger partial charge in [-0.1, -0.05) is 30.7 Å². The number of hydrogen-bond acceptors (Lipinski definition) is 1. The summed E-state index contributed by atoms with van der Waals surface area (Å²) >= 11 is 6.19. The third kappa shape index (κ3) is 3.56. The van der Waals surface area contributed by atoms with Crippen molar-refractivity contribution in [1.82, 2.24) is 5.32 Å². The van der Waals surface area contributed by atoms with E-state index in [0.29, 0.717) is 17.1 Å². The third-order valence-corrected chi connectivity index (χ3v) is 3.39. The molecular weight excluding hydrogens is 280 g/mol. The first-order valence-electron chi connectivity index (χ1n) is 6.56. The zero-order valence-corrected chi connectivity index (χ0v) is 12.0. The van der Waals surface area contributed by atoms with Gasteiger partial charge < -0.3 is 5.32 Å². The van der Waals surface area contributed by atoms with E-state index in [9.17, 15) is 8.78 Å². The van der Waals surface area contributed by atoms with E-state index < -0.39 is 11.6 Å². The molecule has 1 N–H and O–H groups in total. The zero-order valence-electron chi connectivity index (χ0n) is 11.2. The van der Waals surface area contributed by atoms with Crippen molar-refractivity contribution in [2.75, 3.05) is 6.54 Å². The maximum Gasteiger partial charge on any atom is 0.131 e. The summed E-state index contributed by atoms with van der Waals surface area (Å²) in [7, 11) is 0. The predicted molar refractivity (Wildman–Crippen MR) is 78.8 cm³/mol. The highest BCUT2D eigenvalue weighted by atomic mass is 35.5. The summed E-state index contributed by atoms with van der Waals surface area (Å²) in [6.07, 6.45) is 1.05. The van der Waals surface area contributed by atoms with Gasteiger partial charge >= 0.3 is 0 Å². The van der Waals surface area contributed by atoms with Crippen molar-refractivity contribution in [3.8, 4) is 11.1 Å². The predicted octanol–water partition coefficient (Wildman–Crippen LogP) is 4.78.